The van der Waals surface area contributed by atoms with Crippen molar-refractivity contribution in [2.45, 2.75) is 18.9 Å². The fourth-order valence-electron chi connectivity index (χ4n) is 4.44. The zero-order valence-corrected chi connectivity index (χ0v) is 16.4. The number of rotatable bonds is 3. The van der Waals surface area contributed by atoms with Crippen molar-refractivity contribution in [3.63, 3.8) is 0 Å². The summed E-state index contributed by atoms with van der Waals surface area (Å²) < 4.78 is 8.29. The quantitative estimate of drug-likeness (QED) is 0.420. The van der Waals surface area contributed by atoms with Crippen molar-refractivity contribution in [3.05, 3.63) is 55.1 Å². The van der Waals surface area contributed by atoms with Crippen molar-refractivity contribution in [1.82, 2.24) is 25.1 Å². The van der Waals surface area contributed by atoms with E-state index >= 15 is 0 Å². The van der Waals surface area contributed by atoms with E-state index in [4.69, 9.17) is 10.2 Å². The third-order valence-electron chi connectivity index (χ3n) is 6.04. The van der Waals surface area contributed by atoms with E-state index < -0.39 is 0 Å². The Morgan fingerprint density at radius 2 is 2.00 bits per heavy atom. The smallest absolute Gasteiger partial charge is 0.177 e. The van der Waals surface area contributed by atoms with Gasteiger partial charge in [-0.15, -0.1) is 0 Å². The number of H-pyrrole nitrogens is 1. The lowest BCUT2D eigenvalue weighted by Gasteiger charge is -2.22. The number of furan rings is 1. The molecule has 0 amide bonds. The summed E-state index contributed by atoms with van der Waals surface area (Å²) in [5.74, 6) is 1.16. The first-order valence-corrected chi connectivity index (χ1v) is 10.3. The Bertz CT molecular complexity index is 1350. The third-order valence-corrected chi connectivity index (χ3v) is 6.04. The van der Waals surface area contributed by atoms with E-state index in [0.29, 0.717) is 17.4 Å². The van der Waals surface area contributed by atoms with Crippen LogP contribution in [0.15, 0.2) is 59.5 Å². The first-order chi connectivity index (χ1) is 14.8. The molecule has 5 aromatic rings. The number of nitrogens with two attached hydrogens (primary N) is 1. The lowest BCUT2D eigenvalue weighted by Crippen LogP contribution is -2.29. The predicted octanol–water partition coefficient (Wildman–Crippen LogP) is 4.35. The number of nitrogen functional groups attached to an aromatic ring is 1. The van der Waals surface area contributed by atoms with E-state index in [1.807, 2.05) is 24.7 Å². The Kier molecular flexibility index (Phi) is 3.89. The van der Waals surface area contributed by atoms with Crippen molar-refractivity contribution >= 4 is 27.7 Å². The third kappa shape index (κ3) is 2.70. The number of nitrogens with zero attached hydrogens (tertiary/aromatic N) is 3. The van der Waals surface area contributed by atoms with Crippen LogP contribution in [0.1, 0.15) is 18.9 Å². The largest absolute Gasteiger partial charge is 0.452 e. The maximum absolute atomic E-state index is 6.20. The summed E-state index contributed by atoms with van der Waals surface area (Å²) in [5, 5.41) is 10.1. The summed E-state index contributed by atoms with van der Waals surface area (Å²) in [5.41, 5.74) is 10.8. The van der Waals surface area contributed by atoms with Gasteiger partial charge >= 0.3 is 0 Å². The summed E-state index contributed by atoms with van der Waals surface area (Å²) >= 11 is 0. The Morgan fingerprint density at radius 1 is 1.10 bits per heavy atom. The SMILES string of the molecule is Nc1ncc(-c2cnn(C3CCNCC3)c2)c2cc(-c3cccc4cc[nH]c34)oc12. The molecule has 0 aliphatic carbocycles. The van der Waals surface area contributed by atoms with Gasteiger partial charge in [-0.2, -0.15) is 5.10 Å². The molecule has 1 fully saturated rings. The highest BCUT2D eigenvalue weighted by molar-refractivity contribution is 6.02. The second-order valence-corrected chi connectivity index (χ2v) is 7.85. The van der Waals surface area contributed by atoms with Gasteiger partial charge in [0.05, 0.1) is 17.8 Å². The number of pyridine rings is 1. The average Bonchev–Trinajstić information content (AvgIpc) is 3.53. The van der Waals surface area contributed by atoms with Gasteiger partial charge in [-0.25, -0.2) is 4.98 Å². The molecule has 7 nitrogen and oxygen atoms in total. The fourth-order valence-corrected chi connectivity index (χ4v) is 4.44. The Balaban J connectivity index is 1.47. The van der Waals surface area contributed by atoms with Crippen molar-refractivity contribution in [2.24, 2.45) is 0 Å². The van der Waals surface area contributed by atoms with E-state index in [1.165, 1.54) is 0 Å². The van der Waals surface area contributed by atoms with Gasteiger partial charge in [0.25, 0.3) is 0 Å². The minimum Gasteiger partial charge on any atom is -0.452 e. The summed E-state index contributed by atoms with van der Waals surface area (Å²) in [6.45, 7) is 2.06. The van der Waals surface area contributed by atoms with Crippen LogP contribution in [-0.2, 0) is 0 Å². The standard InChI is InChI=1S/C23H22N6O/c24-23-22-18(10-20(30-22)17-3-1-2-14-4-9-26-21(14)17)19(12-27-23)15-11-28-29(13-15)16-5-7-25-8-6-16/h1-4,9-13,16,25-26H,5-8H2,(H2,24,27). The summed E-state index contributed by atoms with van der Waals surface area (Å²) in [4.78, 5) is 7.70. The first-order valence-electron chi connectivity index (χ1n) is 10.3. The molecule has 0 radical (unpaired) electrons. The number of piperidine rings is 1. The first kappa shape index (κ1) is 17.3. The lowest BCUT2D eigenvalue weighted by atomic mass is 10.0. The lowest BCUT2D eigenvalue weighted by molar-refractivity contribution is 0.343. The number of nitrogens with one attached hydrogen (secondary N) is 2. The number of benzene rings is 1. The summed E-state index contributed by atoms with van der Waals surface area (Å²) in [6.07, 6.45) is 9.95. The molecule has 1 saturated heterocycles. The molecule has 1 aliphatic heterocycles. The molecule has 0 atom stereocenters. The molecule has 0 saturated carbocycles. The number of aromatic nitrogens is 4. The van der Waals surface area contributed by atoms with Crippen molar-refractivity contribution in [3.8, 4) is 22.5 Å². The number of para-hydroxylation sites is 1. The highest BCUT2D eigenvalue weighted by Gasteiger charge is 2.19. The van der Waals surface area contributed by atoms with Gasteiger partial charge in [-0.1, -0.05) is 12.1 Å². The Hall–Kier alpha value is -3.58. The average molecular weight is 398 g/mol. The molecule has 150 valence electrons. The predicted molar refractivity (Wildman–Crippen MR) is 118 cm³/mol. The van der Waals surface area contributed by atoms with E-state index in [9.17, 15) is 0 Å². The summed E-state index contributed by atoms with van der Waals surface area (Å²) in [7, 11) is 0. The molecule has 0 bridgehead atoms. The van der Waals surface area contributed by atoms with Crippen LogP contribution in [0.5, 0.6) is 0 Å². The van der Waals surface area contributed by atoms with Crippen molar-refractivity contribution < 1.29 is 4.42 Å². The van der Waals surface area contributed by atoms with Crippen LogP contribution in [-0.4, -0.2) is 32.8 Å². The van der Waals surface area contributed by atoms with Crippen LogP contribution in [0.25, 0.3) is 44.3 Å². The molecule has 7 heteroatoms. The van der Waals surface area contributed by atoms with Crippen LogP contribution in [0.2, 0.25) is 0 Å². The maximum Gasteiger partial charge on any atom is 0.177 e. The molecule has 1 aromatic carbocycles. The zero-order valence-electron chi connectivity index (χ0n) is 16.4. The second-order valence-electron chi connectivity index (χ2n) is 7.85. The van der Waals surface area contributed by atoms with Gasteiger partial charge in [0, 0.05) is 46.1 Å². The number of hydrogen-bond donors (Lipinski definition) is 3. The van der Waals surface area contributed by atoms with Crippen LogP contribution in [0.3, 0.4) is 0 Å². The van der Waals surface area contributed by atoms with E-state index in [0.717, 1.165) is 64.7 Å². The van der Waals surface area contributed by atoms with Gasteiger partial charge in [0.15, 0.2) is 11.4 Å². The van der Waals surface area contributed by atoms with Gasteiger partial charge < -0.3 is 20.5 Å². The van der Waals surface area contributed by atoms with Crippen molar-refractivity contribution in [2.75, 3.05) is 18.8 Å². The highest BCUT2D eigenvalue weighted by atomic mass is 16.3. The molecule has 6 rings (SSSR count). The highest BCUT2D eigenvalue weighted by Crippen LogP contribution is 2.38. The monoisotopic (exact) mass is 398 g/mol. The van der Waals surface area contributed by atoms with Crippen LogP contribution >= 0.6 is 0 Å². The minimum absolute atomic E-state index is 0.393. The fraction of sp³-hybridized carbons (Fsp3) is 0.217. The number of hydrogen-bond acceptors (Lipinski definition) is 5. The molecular formula is C23H22N6O. The van der Waals surface area contributed by atoms with Crippen LogP contribution in [0, 0.1) is 0 Å². The van der Waals surface area contributed by atoms with Gasteiger partial charge in [-0.3, -0.25) is 4.68 Å². The maximum atomic E-state index is 6.20. The molecule has 4 aromatic heterocycles. The van der Waals surface area contributed by atoms with Gasteiger partial charge in [0.2, 0.25) is 0 Å². The van der Waals surface area contributed by atoms with Crippen molar-refractivity contribution in [1.29, 1.82) is 0 Å². The van der Waals surface area contributed by atoms with Crippen LogP contribution < -0.4 is 11.1 Å². The van der Waals surface area contributed by atoms with Gasteiger partial charge in [-0.05, 0) is 44.1 Å². The molecule has 0 unspecified atom stereocenters. The van der Waals surface area contributed by atoms with E-state index in [1.54, 1.807) is 0 Å². The Labute approximate surface area is 172 Å². The molecular weight excluding hydrogens is 376 g/mol. The minimum atomic E-state index is 0.393. The molecule has 1 aliphatic rings. The number of aromatic amines is 1. The molecule has 4 N–H and O–H groups in total. The topological polar surface area (TPSA) is 97.7 Å². The molecule has 30 heavy (non-hydrogen) atoms. The second kappa shape index (κ2) is 6.74. The number of fused-ring (bicyclic) bond motifs is 2. The van der Waals surface area contributed by atoms with Gasteiger partial charge in [0.1, 0.15) is 5.76 Å². The van der Waals surface area contributed by atoms with E-state index in [2.05, 4.69) is 55.5 Å². The normalized spacial score (nSPS) is 15.3. The Morgan fingerprint density at radius 3 is 2.90 bits per heavy atom. The molecule has 5 heterocycles. The zero-order chi connectivity index (χ0) is 20.1. The van der Waals surface area contributed by atoms with Crippen LogP contribution in [0.4, 0.5) is 5.82 Å². The van der Waals surface area contributed by atoms with E-state index in [-0.39, 0.29) is 0 Å². The molecule has 0 spiro atoms. The summed E-state index contributed by atoms with van der Waals surface area (Å²) in [6, 6.07) is 10.7. The number of anilines is 1.